The third-order valence-electron chi connectivity index (χ3n) is 4.36. The topological polar surface area (TPSA) is 12.0 Å². The second kappa shape index (κ2) is 5.17. The fraction of sp³-hybridized carbons (Fsp3) is 0.444. The van der Waals surface area contributed by atoms with Crippen LogP contribution in [0.2, 0.25) is 0 Å². The van der Waals surface area contributed by atoms with Crippen molar-refractivity contribution in [3.63, 3.8) is 0 Å². The fourth-order valence-electron chi connectivity index (χ4n) is 2.86. The van der Waals surface area contributed by atoms with Crippen molar-refractivity contribution in [2.45, 2.75) is 44.6 Å². The second-order valence-corrected chi connectivity index (χ2v) is 6.50. The van der Waals surface area contributed by atoms with Gasteiger partial charge in [0.1, 0.15) is 5.82 Å². The Bertz CT molecular complexity index is 614. The standard InChI is InChI=1S/C18H22FN/c1-18(2,11-12-20-13-7-8-13)16-9-10-17(19)15-6-4-3-5-14(15)16/h3-6,9-10,13,20H,7-8,11-12H2,1-2H3. The zero-order valence-electron chi connectivity index (χ0n) is 12.2. The molecule has 0 aliphatic heterocycles. The molecule has 0 amide bonds. The molecule has 2 aromatic carbocycles. The Kier molecular flexibility index (Phi) is 3.51. The summed E-state index contributed by atoms with van der Waals surface area (Å²) in [4.78, 5) is 0. The molecule has 0 aromatic heterocycles. The average Bonchev–Trinajstić information content (AvgIpc) is 3.23. The molecule has 1 fully saturated rings. The Morgan fingerprint density at radius 3 is 2.50 bits per heavy atom. The van der Waals surface area contributed by atoms with Crippen LogP contribution in [0, 0.1) is 5.82 Å². The van der Waals surface area contributed by atoms with Crippen molar-refractivity contribution in [1.29, 1.82) is 0 Å². The van der Waals surface area contributed by atoms with Gasteiger partial charge in [-0.15, -0.1) is 0 Å². The van der Waals surface area contributed by atoms with Gasteiger partial charge in [-0.1, -0.05) is 44.2 Å². The van der Waals surface area contributed by atoms with Crippen LogP contribution < -0.4 is 5.32 Å². The Hall–Kier alpha value is -1.41. The van der Waals surface area contributed by atoms with E-state index in [9.17, 15) is 4.39 Å². The number of hydrogen-bond donors (Lipinski definition) is 1. The molecule has 106 valence electrons. The number of rotatable bonds is 5. The van der Waals surface area contributed by atoms with E-state index in [1.165, 1.54) is 18.4 Å². The van der Waals surface area contributed by atoms with Gasteiger partial charge in [0.05, 0.1) is 0 Å². The Morgan fingerprint density at radius 1 is 1.10 bits per heavy atom. The fourth-order valence-corrected chi connectivity index (χ4v) is 2.86. The van der Waals surface area contributed by atoms with Crippen LogP contribution in [-0.2, 0) is 5.41 Å². The SMILES string of the molecule is CC(C)(CCNC1CC1)c1ccc(F)c2ccccc12. The molecular weight excluding hydrogens is 249 g/mol. The van der Waals surface area contributed by atoms with E-state index in [-0.39, 0.29) is 11.2 Å². The summed E-state index contributed by atoms with van der Waals surface area (Å²) in [5.74, 6) is -0.128. The minimum Gasteiger partial charge on any atom is -0.314 e. The van der Waals surface area contributed by atoms with Crippen molar-refractivity contribution in [2.75, 3.05) is 6.54 Å². The maximum Gasteiger partial charge on any atom is 0.131 e. The van der Waals surface area contributed by atoms with Gasteiger partial charge in [0.25, 0.3) is 0 Å². The van der Waals surface area contributed by atoms with Crippen molar-refractivity contribution in [3.8, 4) is 0 Å². The third-order valence-corrected chi connectivity index (χ3v) is 4.36. The zero-order valence-corrected chi connectivity index (χ0v) is 12.2. The van der Waals surface area contributed by atoms with Crippen LogP contribution >= 0.6 is 0 Å². The average molecular weight is 271 g/mol. The first kappa shape index (κ1) is 13.6. The number of benzene rings is 2. The Morgan fingerprint density at radius 2 is 1.80 bits per heavy atom. The van der Waals surface area contributed by atoms with Crippen molar-refractivity contribution in [3.05, 3.63) is 47.8 Å². The summed E-state index contributed by atoms with van der Waals surface area (Å²) in [6.45, 7) is 5.53. The van der Waals surface area contributed by atoms with Crippen LogP contribution in [0.1, 0.15) is 38.7 Å². The normalized spacial score (nSPS) is 15.8. The maximum atomic E-state index is 13.9. The van der Waals surface area contributed by atoms with Crippen molar-refractivity contribution in [2.24, 2.45) is 0 Å². The summed E-state index contributed by atoms with van der Waals surface area (Å²) in [6, 6.07) is 12.1. The predicted molar refractivity (Wildman–Crippen MR) is 82.6 cm³/mol. The van der Waals surface area contributed by atoms with Crippen LogP contribution in [0.25, 0.3) is 10.8 Å². The highest BCUT2D eigenvalue weighted by Crippen LogP contribution is 2.34. The predicted octanol–water partition coefficient (Wildman–Crippen LogP) is 4.40. The van der Waals surface area contributed by atoms with E-state index in [4.69, 9.17) is 0 Å². The van der Waals surface area contributed by atoms with E-state index >= 15 is 0 Å². The smallest absolute Gasteiger partial charge is 0.131 e. The van der Waals surface area contributed by atoms with Crippen LogP contribution in [0.5, 0.6) is 0 Å². The van der Waals surface area contributed by atoms with Gasteiger partial charge < -0.3 is 5.32 Å². The summed E-state index contributed by atoms with van der Waals surface area (Å²) in [5, 5.41) is 5.34. The lowest BCUT2D eigenvalue weighted by atomic mass is 9.79. The van der Waals surface area contributed by atoms with E-state index in [1.54, 1.807) is 6.07 Å². The molecule has 2 heteroatoms. The third kappa shape index (κ3) is 2.71. The first-order chi connectivity index (χ1) is 9.58. The molecule has 1 aliphatic carbocycles. The summed E-state index contributed by atoms with van der Waals surface area (Å²) >= 11 is 0. The molecule has 0 unspecified atom stereocenters. The van der Waals surface area contributed by atoms with Crippen molar-refractivity contribution >= 4 is 10.8 Å². The van der Waals surface area contributed by atoms with Crippen molar-refractivity contribution in [1.82, 2.24) is 5.32 Å². The van der Waals surface area contributed by atoms with E-state index < -0.39 is 0 Å². The molecular formula is C18H22FN. The molecule has 3 rings (SSSR count). The zero-order chi connectivity index (χ0) is 14.2. The highest BCUT2D eigenvalue weighted by molar-refractivity contribution is 5.87. The van der Waals surface area contributed by atoms with E-state index in [1.807, 2.05) is 30.3 Å². The maximum absolute atomic E-state index is 13.9. The van der Waals surface area contributed by atoms with Crippen LogP contribution in [-0.4, -0.2) is 12.6 Å². The quantitative estimate of drug-likeness (QED) is 0.850. The molecule has 0 atom stereocenters. The minimum atomic E-state index is -0.128. The summed E-state index contributed by atoms with van der Waals surface area (Å²) in [5.41, 5.74) is 1.29. The van der Waals surface area contributed by atoms with Gasteiger partial charge in [0, 0.05) is 11.4 Å². The number of fused-ring (bicyclic) bond motifs is 1. The molecule has 0 bridgehead atoms. The molecule has 1 N–H and O–H groups in total. The first-order valence-corrected chi connectivity index (χ1v) is 7.49. The van der Waals surface area contributed by atoms with Crippen molar-refractivity contribution < 1.29 is 4.39 Å². The monoisotopic (exact) mass is 271 g/mol. The number of halogens is 1. The minimum absolute atomic E-state index is 0.0508. The molecule has 1 saturated carbocycles. The van der Waals surface area contributed by atoms with Gasteiger partial charge in [-0.3, -0.25) is 0 Å². The number of nitrogens with one attached hydrogen (secondary N) is 1. The van der Waals surface area contributed by atoms with Gasteiger partial charge in [-0.25, -0.2) is 4.39 Å². The van der Waals surface area contributed by atoms with E-state index in [0.717, 1.165) is 29.8 Å². The molecule has 0 saturated heterocycles. The molecule has 20 heavy (non-hydrogen) atoms. The Labute approximate surface area is 120 Å². The largest absolute Gasteiger partial charge is 0.314 e. The summed E-state index contributed by atoms with van der Waals surface area (Å²) in [6.07, 6.45) is 3.71. The molecule has 0 radical (unpaired) electrons. The lowest BCUT2D eigenvalue weighted by Crippen LogP contribution is -2.26. The number of hydrogen-bond acceptors (Lipinski definition) is 1. The first-order valence-electron chi connectivity index (χ1n) is 7.49. The van der Waals surface area contributed by atoms with Gasteiger partial charge in [0.2, 0.25) is 0 Å². The lowest BCUT2D eigenvalue weighted by Gasteiger charge is -2.27. The van der Waals surface area contributed by atoms with Crippen LogP contribution in [0.15, 0.2) is 36.4 Å². The molecule has 1 nitrogen and oxygen atoms in total. The second-order valence-electron chi connectivity index (χ2n) is 6.50. The van der Waals surface area contributed by atoms with Crippen LogP contribution in [0.4, 0.5) is 4.39 Å². The van der Waals surface area contributed by atoms with E-state index in [0.29, 0.717) is 0 Å². The van der Waals surface area contributed by atoms with Crippen LogP contribution in [0.3, 0.4) is 0 Å². The molecule has 0 spiro atoms. The van der Waals surface area contributed by atoms with Gasteiger partial charge in [-0.2, -0.15) is 0 Å². The summed E-state index contributed by atoms with van der Waals surface area (Å²) in [7, 11) is 0. The highest BCUT2D eigenvalue weighted by atomic mass is 19.1. The summed E-state index contributed by atoms with van der Waals surface area (Å²) < 4.78 is 13.9. The van der Waals surface area contributed by atoms with Gasteiger partial charge in [0.15, 0.2) is 0 Å². The van der Waals surface area contributed by atoms with Gasteiger partial charge >= 0.3 is 0 Å². The Balaban J connectivity index is 1.89. The van der Waals surface area contributed by atoms with Gasteiger partial charge in [-0.05, 0) is 48.2 Å². The van der Waals surface area contributed by atoms with E-state index in [2.05, 4.69) is 19.2 Å². The highest BCUT2D eigenvalue weighted by Gasteiger charge is 2.25. The molecule has 0 heterocycles. The molecule has 2 aromatic rings. The molecule has 1 aliphatic rings. The lowest BCUT2D eigenvalue weighted by molar-refractivity contribution is 0.459.